The lowest BCUT2D eigenvalue weighted by Crippen LogP contribution is -2.44. The molecule has 3 heterocycles. The Morgan fingerprint density at radius 1 is 1.32 bits per heavy atom. The van der Waals surface area contributed by atoms with Gasteiger partial charge in [0.2, 0.25) is 5.91 Å². The Morgan fingerprint density at radius 3 is 2.89 bits per heavy atom. The molecule has 2 aliphatic heterocycles. The Kier molecular flexibility index (Phi) is 8.88. The normalized spacial score (nSPS) is 18.8. The standard InChI is InChI=1S/C26H32FN5O4S/c1-18(19-4-3-9-28-16-19)14-24(33)32-13-12-30(11-10-29-32)23-7-5-20(15-22(23)27)31-17-21(36-26(31)34)6-8-25(37)35-2/h3-5,7,9,15-16,18,21,29H,6,8,10-14,17H2,1-2H3/t18?,21-/m0/s1. The Hall–Kier alpha value is -3.31. The number of aromatic nitrogens is 1. The SMILES string of the molecule is COC(=S)CC[C@H]1CN(c2ccc(N3CCNN(C(=O)CC(C)c4cccnc4)CC3)c(F)c2)C(=O)O1. The van der Waals surface area contributed by atoms with E-state index in [1.807, 2.05) is 24.0 Å². The maximum atomic E-state index is 15.2. The van der Waals surface area contributed by atoms with Gasteiger partial charge in [0, 0.05) is 44.9 Å². The number of benzene rings is 1. The maximum absolute atomic E-state index is 15.2. The molecule has 0 radical (unpaired) electrons. The van der Waals surface area contributed by atoms with E-state index in [1.165, 1.54) is 18.1 Å². The molecule has 2 amide bonds. The van der Waals surface area contributed by atoms with Crippen LogP contribution < -0.4 is 15.2 Å². The van der Waals surface area contributed by atoms with E-state index < -0.39 is 11.9 Å². The number of nitrogens with one attached hydrogen (secondary N) is 1. The summed E-state index contributed by atoms with van der Waals surface area (Å²) in [6.45, 7) is 4.25. The summed E-state index contributed by atoms with van der Waals surface area (Å²) in [7, 11) is 1.51. The Bertz CT molecular complexity index is 1120. The number of hydrogen-bond donors (Lipinski definition) is 1. The molecule has 2 aliphatic rings. The quantitative estimate of drug-likeness (QED) is 0.519. The fraction of sp³-hybridized carbons (Fsp3) is 0.462. The van der Waals surface area contributed by atoms with Crippen molar-refractivity contribution < 1.29 is 23.5 Å². The van der Waals surface area contributed by atoms with Gasteiger partial charge in [-0.2, -0.15) is 0 Å². The molecule has 2 aromatic rings. The summed E-state index contributed by atoms with van der Waals surface area (Å²) in [5.41, 5.74) is 5.05. The lowest BCUT2D eigenvalue weighted by Gasteiger charge is -2.25. The first-order valence-corrected chi connectivity index (χ1v) is 12.8. The van der Waals surface area contributed by atoms with Gasteiger partial charge in [0.15, 0.2) is 5.05 Å². The third-order valence-electron chi connectivity index (χ3n) is 6.67. The number of hydrazine groups is 1. The van der Waals surface area contributed by atoms with E-state index in [-0.39, 0.29) is 17.9 Å². The zero-order valence-electron chi connectivity index (χ0n) is 21.1. The van der Waals surface area contributed by atoms with Crippen LogP contribution in [-0.2, 0) is 14.3 Å². The number of ether oxygens (including phenoxy) is 2. The molecule has 0 bridgehead atoms. The van der Waals surface area contributed by atoms with Crippen LogP contribution in [-0.4, -0.2) is 73.0 Å². The fourth-order valence-electron chi connectivity index (χ4n) is 4.53. The van der Waals surface area contributed by atoms with Crippen LogP contribution in [0.3, 0.4) is 0 Å². The predicted octanol–water partition coefficient (Wildman–Crippen LogP) is 3.65. The molecule has 1 unspecified atom stereocenters. The second-order valence-electron chi connectivity index (χ2n) is 9.20. The number of amides is 2. The molecule has 2 saturated heterocycles. The number of pyridine rings is 1. The molecule has 2 fully saturated rings. The van der Waals surface area contributed by atoms with Crippen LogP contribution >= 0.6 is 12.2 Å². The van der Waals surface area contributed by atoms with Crippen molar-refractivity contribution in [2.24, 2.45) is 0 Å². The summed E-state index contributed by atoms with van der Waals surface area (Å²) in [5, 5.41) is 2.08. The number of rotatable bonds is 8. The van der Waals surface area contributed by atoms with E-state index in [9.17, 15) is 9.59 Å². The van der Waals surface area contributed by atoms with Crippen molar-refractivity contribution >= 4 is 40.6 Å². The summed E-state index contributed by atoms with van der Waals surface area (Å²) >= 11 is 5.05. The molecule has 4 rings (SSSR count). The van der Waals surface area contributed by atoms with Gasteiger partial charge in [-0.1, -0.05) is 13.0 Å². The highest BCUT2D eigenvalue weighted by atomic mass is 32.1. The van der Waals surface area contributed by atoms with E-state index >= 15 is 4.39 Å². The van der Waals surface area contributed by atoms with Gasteiger partial charge in [0.25, 0.3) is 0 Å². The van der Waals surface area contributed by atoms with Gasteiger partial charge in [-0.15, -0.1) is 0 Å². The Labute approximate surface area is 221 Å². The van der Waals surface area contributed by atoms with Crippen LogP contribution in [0.5, 0.6) is 0 Å². The van der Waals surface area contributed by atoms with Crippen LogP contribution in [0.15, 0.2) is 42.7 Å². The summed E-state index contributed by atoms with van der Waals surface area (Å²) in [6, 6.07) is 8.58. The van der Waals surface area contributed by atoms with Crippen molar-refractivity contribution in [1.82, 2.24) is 15.4 Å². The number of anilines is 2. The van der Waals surface area contributed by atoms with E-state index in [0.717, 1.165) is 5.56 Å². The van der Waals surface area contributed by atoms with E-state index in [2.05, 4.69) is 10.4 Å². The number of methoxy groups -OCH3 is 1. The monoisotopic (exact) mass is 529 g/mol. The number of carbonyl (C=O) groups excluding carboxylic acids is 2. The summed E-state index contributed by atoms with van der Waals surface area (Å²) < 4.78 is 25.6. The Morgan fingerprint density at radius 2 is 2.16 bits per heavy atom. The van der Waals surface area contributed by atoms with Crippen LogP contribution in [0.2, 0.25) is 0 Å². The highest BCUT2D eigenvalue weighted by Crippen LogP contribution is 2.29. The van der Waals surface area contributed by atoms with Crippen LogP contribution in [0.4, 0.5) is 20.6 Å². The lowest BCUT2D eigenvalue weighted by atomic mass is 9.99. The van der Waals surface area contributed by atoms with E-state index in [0.29, 0.717) is 68.4 Å². The van der Waals surface area contributed by atoms with Gasteiger partial charge in [-0.3, -0.25) is 19.7 Å². The number of nitrogens with zero attached hydrogens (tertiary/aromatic N) is 4. The minimum Gasteiger partial charge on any atom is -0.490 e. The minimum absolute atomic E-state index is 0.0117. The predicted molar refractivity (Wildman–Crippen MR) is 142 cm³/mol. The van der Waals surface area contributed by atoms with E-state index in [4.69, 9.17) is 21.7 Å². The van der Waals surface area contributed by atoms with Crippen LogP contribution in [0.25, 0.3) is 0 Å². The van der Waals surface area contributed by atoms with Crippen molar-refractivity contribution in [3.05, 3.63) is 54.1 Å². The molecule has 9 nitrogen and oxygen atoms in total. The lowest BCUT2D eigenvalue weighted by molar-refractivity contribution is -0.134. The molecule has 37 heavy (non-hydrogen) atoms. The van der Waals surface area contributed by atoms with Crippen LogP contribution in [0.1, 0.15) is 37.7 Å². The second kappa shape index (κ2) is 12.3. The van der Waals surface area contributed by atoms with Crippen molar-refractivity contribution in [1.29, 1.82) is 0 Å². The van der Waals surface area contributed by atoms with Gasteiger partial charge in [-0.25, -0.2) is 14.6 Å². The molecule has 1 N–H and O–H groups in total. The fourth-order valence-corrected chi connectivity index (χ4v) is 4.64. The number of hydrogen-bond acceptors (Lipinski definition) is 8. The second-order valence-corrected chi connectivity index (χ2v) is 9.65. The molecular formula is C26H32FN5O4S. The number of thiocarbonyl (C=S) groups is 1. The van der Waals surface area contributed by atoms with Gasteiger partial charge in [-0.05, 0) is 54.4 Å². The number of halogens is 1. The molecule has 0 saturated carbocycles. The van der Waals surface area contributed by atoms with Gasteiger partial charge < -0.3 is 14.4 Å². The van der Waals surface area contributed by atoms with Crippen molar-refractivity contribution in [2.45, 2.75) is 38.2 Å². The van der Waals surface area contributed by atoms with Gasteiger partial charge >= 0.3 is 6.09 Å². The average molecular weight is 530 g/mol. The molecule has 198 valence electrons. The van der Waals surface area contributed by atoms with Crippen molar-refractivity contribution in [2.75, 3.05) is 49.6 Å². The first kappa shape index (κ1) is 26.7. The maximum Gasteiger partial charge on any atom is 0.414 e. The molecular weight excluding hydrogens is 497 g/mol. The smallest absolute Gasteiger partial charge is 0.414 e. The third kappa shape index (κ3) is 6.72. The summed E-state index contributed by atoms with van der Waals surface area (Å²) in [6.07, 6.45) is 4.07. The Balaban J connectivity index is 1.34. The highest BCUT2D eigenvalue weighted by Gasteiger charge is 2.33. The topological polar surface area (TPSA) is 87.2 Å². The first-order valence-electron chi connectivity index (χ1n) is 12.4. The average Bonchev–Trinajstić information content (AvgIpc) is 3.11. The molecule has 2 atom stereocenters. The molecule has 0 aliphatic carbocycles. The number of cyclic esters (lactones) is 1. The van der Waals surface area contributed by atoms with E-state index in [1.54, 1.807) is 29.5 Å². The van der Waals surface area contributed by atoms with Gasteiger partial charge in [0.05, 0.1) is 31.6 Å². The van der Waals surface area contributed by atoms with Crippen molar-refractivity contribution in [3.63, 3.8) is 0 Å². The first-order chi connectivity index (χ1) is 17.9. The zero-order valence-corrected chi connectivity index (χ0v) is 21.9. The molecule has 1 aromatic carbocycles. The minimum atomic E-state index is -0.505. The largest absolute Gasteiger partial charge is 0.490 e. The number of carbonyl (C=O) groups is 2. The summed E-state index contributed by atoms with van der Waals surface area (Å²) in [5.74, 6) is -0.400. The zero-order chi connectivity index (χ0) is 26.4. The third-order valence-corrected chi connectivity index (χ3v) is 7.04. The van der Waals surface area contributed by atoms with Gasteiger partial charge in [0.1, 0.15) is 11.9 Å². The molecule has 0 spiro atoms. The molecule has 1 aromatic heterocycles. The van der Waals surface area contributed by atoms with Crippen LogP contribution in [0, 0.1) is 5.82 Å². The highest BCUT2D eigenvalue weighted by molar-refractivity contribution is 7.80. The molecule has 11 heteroatoms. The van der Waals surface area contributed by atoms with Crippen molar-refractivity contribution in [3.8, 4) is 0 Å². The summed E-state index contributed by atoms with van der Waals surface area (Å²) in [4.78, 5) is 32.7.